The molecular weight excluding hydrogens is 190 g/mol. The molecule has 0 radical (unpaired) electrons. The number of hydrogen-bond acceptors (Lipinski definition) is 3. The summed E-state index contributed by atoms with van der Waals surface area (Å²) in [5.74, 6) is 5.81. The minimum absolute atomic E-state index is 0.534. The first-order valence-corrected chi connectivity index (χ1v) is 4.90. The molecule has 0 aliphatic heterocycles. The summed E-state index contributed by atoms with van der Waals surface area (Å²) in [5, 5.41) is 0. The maximum Gasteiger partial charge on any atom is 0.119 e. The number of ether oxygens (including phenoxy) is 1. The van der Waals surface area contributed by atoms with Crippen molar-refractivity contribution in [3.63, 3.8) is 0 Å². The second-order valence-corrected chi connectivity index (χ2v) is 3.51. The van der Waals surface area contributed by atoms with E-state index >= 15 is 0 Å². The molecule has 0 unspecified atom stereocenters. The number of hydrogen-bond donors (Lipinski definition) is 1. The van der Waals surface area contributed by atoms with E-state index < -0.39 is 0 Å². The molecule has 0 heterocycles. The molecule has 0 fully saturated rings. The van der Waals surface area contributed by atoms with Gasteiger partial charge < -0.3 is 9.57 Å². The third-order valence-corrected chi connectivity index (χ3v) is 1.92. The Morgan fingerprint density at radius 3 is 2.53 bits per heavy atom. The zero-order valence-corrected chi connectivity index (χ0v) is 9.03. The van der Waals surface area contributed by atoms with E-state index in [1.807, 2.05) is 31.2 Å². The highest BCUT2D eigenvalue weighted by Crippen LogP contribution is 2.13. The molecule has 3 heteroatoms. The van der Waals surface area contributed by atoms with Crippen molar-refractivity contribution in [2.75, 3.05) is 13.2 Å². The summed E-state index contributed by atoms with van der Waals surface area (Å²) in [6, 6.07) is 7.89. The van der Waals surface area contributed by atoms with Crippen LogP contribution in [-0.4, -0.2) is 13.2 Å². The zero-order chi connectivity index (χ0) is 11.1. The normalized spacial score (nSPS) is 10.0. The van der Waals surface area contributed by atoms with Gasteiger partial charge in [0.25, 0.3) is 0 Å². The highest BCUT2D eigenvalue weighted by atomic mass is 16.6. The van der Waals surface area contributed by atoms with E-state index in [4.69, 9.17) is 10.6 Å². The molecule has 1 rings (SSSR count). The molecule has 1 aromatic carbocycles. The summed E-state index contributed by atoms with van der Waals surface area (Å²) in [6.45, 7) is 6.80. The van der Waals surface area contributed by atoms with Crippen LogP contribution in [0.4, 0.5) is 0 Å². The van der Waals surface area contributed by atoms with Gasteiger partial charge >= 0.3 is 0 Å². The van der Waals surface area contributed by atoms with Crippen LogP contribution in [0.3, 0.4) is 0 Å². The third-order valence-electron chi connectivity index (χ3n) is 1.92. The van der Waals surface area contributed by atoms with Crippen molar-refractivity contribution in [1.82, 2.24) is 0 Å². The molecule has 0 spiro atoms. The first-order chi connectivity index (χ1) is 7.22. The lowest BCUT2D eigenvalue weighted by Gasteiger charge is -2.06. The Kier molecular flexibility index (Phi) is 4.87. The number of benzene rings is 1. The summed E-state index contributed by atoms with van der Waals surface area (Å²) in [4.78, 5) is 4.51. The summed E-state index contributed by atoms with van der Waals surface area (Å²) in [5.41, 5.74) is 2.19. The van der Waals surface area contributed by atoms with Gasteiger partial charge in [0.05, 0.1) is 6.61 Å². The van der Waals surface area contributed by atoms with Crippen molar-refractivity contribution in [1.29, 1.82) is 0 Å². The third kappa shape index (κ3) is 4.63. The summed E-state index contributed by atoms with van der Waals surface area (Å²) < 4.78 is 5.47. The molecule has 0 amide bonds. The van der Waals surface area contributed by atoms with Gasteiger partial charge in [0, 0.05) is 0 Å². The van der Waals surface area contributed by atoms with Crippen molar-refractivity contribution in [3.8, 4) is 5.75 Å². The second kappa shape index (κ2) is 6.22. The van der Waals surface area contributed by atoms with Gasteiger partial charge in [-0.3, -0.25) is 0 Å². The van der Waals surface area contributed by atoms with Crippen LogP contribution in [0.25, 0.3) is 0 Å². The average Bonchev–Trinajstić information content (AvgIpc) is 2.25. The van der Waals surface area contributed by atoms with Crippen LogP contribution in [0.1, 0.15) is 12.5 Å². The summed E-state index contributed by atoms with van der Waals surface area (Å²) in [6.07, 6.45) is 0.817. The SMILES string of the molecule is C=C(C)COc1ccc(CCON)cc1. The first kappa shape index (κ1) is 11.8. The highest BCUT2D eigenvalue weighted by molar-refractivity contribution is 5.27. The molecular formula is C12H17NO2. The lowest BCUT2D eigenvalue weighted by Crippen LogP contribution is -2.03. The minimum Gasteiger partial charge on any atom is -0.489 e. The van der Waals surface area contributed by atoms with Gasteiger partial charge in [0.15, 0.2) is 0 Å². The summed E-state index contributed by atoms with van der Waals surface area (Å²) in [7, 11) is 0. The maximum absolute atomic E-state index is 5.47. The Bertz CT molecular complexity index is 306. The molecule has 82 valence electrons. The molecule has 0 atom stereocenters. The average molecular weight is 207 g/mol. The second-order valence-electron chi connectivity index (χ2n) is 3.51. The summed E-state index contributed by atoms with van der Waals surface area (Å²) >= 11 is 0. The van der Waals surface area contributed by atoms with Crippen molar-refractivity contribution in [3.05, 3.63) is 42.0 Å². The fourth-order valence-corrected chi connectivity index (χ4v) is 1.14. The van der Waals surface area contributed by atoms with Gasteiger partial charge in [-0.1, -0.05) is 18.7 Å². The standard InChI is InChI=1S/C12H17NO2/c1-10(2)9-14-12-5-3-11(4-6-12)7-8-15-13/h3-6H,1,7-9,13H2,2H3. The smallest absolute Gasteiger partial charge is 0.119 e. The lowest BCUT2D eigenvalue weighted by molar-refractivity contribution is 0.141. The molecule has 0 saturated carbocycles. The quantitative estimate of drug-likeness (QED) is 0.573. The molecule has 0 aliphatic rings. The van der Waals surface area contributed by atoms with Crippen molar-refractivity contribution in [2.24, 2.45) is 5.90 Å². The van der Waals surface area contributed by atoms with Gasteiger partial charge in [0.1, 0.15) is 12.4 Å². The lowest BCUT2D eigenvalue weighted by atomic mass is 10.1. The monoisotopic (exact) mass is 207 g/mol. The van der Waals surface area contributed by atoms with Crippen molar-refractivity contribution < 1.29 is 9.57 Å². The predicted octanol–water partition coefficient (Wildman–Crippen LogP) is 2.07. The van der Waals surface area contributed by atoms with E-state index in [1.54, 1.807) is 0 Å². The van der Waals surface area contributed by atoms with Crippen LogP contribution >= 0.6 is 0 Å². The van der Waals surface area contributed by atoms with Crippen molar-refractivity contribution >= 4 is 0 Å². The molecule has 3 nitrogen and oxygen atoms in total. The molecule has 0 saturated heterocycles. The topological polar surface area (TPSA) is 44.5 Å². The van der Waals surface area contributed by atoms with E-state index in [0.29, 0.717) is 13.2 Å². The van der Waals surface area contributed by atoms with E-state index in [9.17, 15) is 0 Å². The van der Waals surface area contributed by atoms with Gasteiger partial charge in [-0.15, -0.1) is 0 Å². The van der Waals surface area contributed by atoms with E-state index in [-0.39, 0.29) is 0 Å². The fraction of sp³-hybridized carbons (Fsp3) is 0.333. The van der Waals surface area contributed by atoms with Gasteiger partial charge in [-0.2, -0.15) is 0 Å². The number of rotatable bonds is 6. The van der Waals surface area contributed by atoms with E-state index in [1.165, 1.54) is 5.56 Å². The predicted molar refractivity (Wildman–Crippen MR) is 60.6 cm³/mol. The van der Waals surface area contributed by atoms with Gasteiger partial charge in [0.2, 0.25) is 0 Å². The first-order valence-electron chi connectivity index (χ1n) is 4.90. The van der Waals surface area contributed by atoms with Crippen LogP contribution in [0, 0.1) is 0 Å². The molecule has 2 N–H and O–H groups in total. The van der Waals surface area contributed by atoms with E-state index in [2.05, 4.69) is 11.4 Å². The Labute approximate surface area is 90.5 Å². The molecule has 1 aromatic rings. The Hall–Kier alpha value is -1.32. The molecule has 0 bridgehead atoms. The van der Waals surface area contributed by atoms with E-state index in [0.717, 1.165) is 17.7 Å². The Morgan fingerprint density at radius 2 is 2.00 bits per heavy atom. The maximum atomic E-state index is 5.47. The van der Waals surface area contributed by atoms with Crippen LogP contribution in [0.15, 0.2) is 36.4 Å². The van der Waals surface area contributed by atoms with Crippen LogP contribution in [0.2, 0.25) is 0 Å². The fourth-order valence-electron chi connectivity index (χ4n) is 1.14. The zero-order valence-electron chi connectivity index (χ0n) is 9.03. The largest absolute Gasteiger partial charge is 0.489 e. The van der Waals surface area contributed by atoms with Gasteiger partial charge in [-0.25, -0.2) is 5.90 Å². The molecule has 15 heavy (non-hydrogen) atoms. The van der Waals surface area contributed by atoms with Crippen LogP contribution < -0.4 is 10.6 Å². The van der Waals surface area contributed by atoms with Crippen LogP contribution in [0.5, 0.6) is 5.75 Å². The van der Waals surface area contributed by atoms with Gasteiger partial charge in [-0.05, 0) is 36.6 Å². The van der Waals surface area contributed by atoms with Crippen LogP contribution in [-0.2, 0) is 11.3 Å². The minimum atomic E-state index is 0.534. The highest BCUT2D eigenvalue weighted by Gasteiger charge is 1.95. The van der Waals surface area contributed by atoms with Crippen molar-refractivity contribution in [2.45, 2.75) is 13.3 Å². The number of nitrogens with two attached hydrogens (primary N) is 1. The Balaban J connectivity index is 2.45. The molecule has 0 aliphatic carbocycles. The Morgan fingerprint density at radius 1 is 1.33 bits per heavy atom. The molecule has 0 aromatic heterocycles.